The second-order valence-corrected chi connectivity index (χ2v) is 12.7. The van der Waals surface area contributed by atoms with Gasteiger partial charge in [0.1, 0.15) is 0 Å². The fraction of sp³-hybridized carbons (Fsp3) is 0.267. The molecule has 0 aliphatic rings. The van der Waals surface area contributed by atoms with E-state index in [1.165, 1.54) is 18.0 Å². The number of rotatable bonds is 9. The van der Waals surface area contributed by atoms with Crippen molar-refractivity contribution < 1.29 is 27.5 Å². The molecule has 3 aromatic carbocycles. The summed E-state index contributed by atoms with van der Waals surface area (Å²) in [4.78, 5) is 25.7. The smallest absolute Gasteiger partial charge is 0.414 e. The summed E-state index contributed by atoms with van der Waals surface area (Å²) >= 11 is 0. The zero-order chi connectivity index (χ0) is 31.4. The van der Waals surface area contributed by atoms with Gasteiger partial charge in [0.15, 0.2) is 5.75 Å². The standard InChI is InChI=1S/C30H34N6O6S/c1-19-12-13-21(14-25(19)36-18-26(33-35-36)42-29(38)31-17-20-10-8-7-9-11-20)28(37)32-23-15-22(30(2,3)4)16-24(27(23)41-5)34-43(6,39)40/h7-16,18,34H,17H2,1-6H3,(H,31,38)(H,32,37). The predicted octanol–water partition coefficient (Wildman–Crippen LogP) is 4.79. The molecule has 13 heteroatoms. The number of methoxy groups -OCH3 is 1. The lowest BCUT2D eigenvalue weighted by Crippen LogP contribution is -2.26. The van der Waals surface area contributed by atoms with Gasteiger partial charge in [0.05, 0.1) is 36.6 Å². The van der Waals surface area contributed by atoms with Gasteiger partial charge < -0.3 is 20.1 Å². The molecule has 0 bridgehead atoms. The van der Waals surface area contributed by atoms with Crippen molar-refractivity contribution in [1.29, 1.82) is 0 Å². The molecule has 43 heavy (non-hydrogen) atoms. The molecule has 226 valence electrons. The van der Waals surface area contributed by atoms with Gasteiger partial charge >= 0.3 is 6.09 Å². The van der Waals surface area contributed by atoms with E-state index in [2.05, 4.69) is 25.7 Å². The Bertz CT molecular complexity index is 1750. The Kier molecular flexibility index (Phi) is 9.04. The largest absolute Gasteiger partial charge is 0.492 e. The molecule has 0 aliphatic heterocycles. The number of benzene rings is 3. The number of nitrogens with one attached hydrogen (secondary N) is 3. The summed E-state index contributed by atoms with van der Waals surface area (Å²) in [5.74, 6) is -0.315. The predicted molar refractivity (Wildman–Crippen MR) is 164 cm³/mol. The first-order valence-corrected chi connectivity index (χ1v) is 15.2. The van der Waals surface area contributed by atoms with Crippen molar-refractivity contribution in [2.24, 2.45) is 0 Å². The average molecular weight is 607 g/mol. The van der Waals surface area contributed by atoms with Gasteiger partial charge in [-0.25, -0.2) is 17.9 Å². The number of aromatic nitrogens is 3. The average Bonchev–Trinajstić information content (AvgIpc) is 3.39. The first kappa shape index (κ1) is 31.0. The number of ether oxygens (including phenoxy) is 2. The van der Waals surface area contributed by atoms with Gasteiger partial charge in [0.25, 0.3) is 11.8 Å². The van der Waals surface area contributed by atoms with E-state index in [9.17, 15) is 18.0 Å². The fourth-order valence-corrected chi connectivity index (χ4v) is 4.71. The number of hydrogen-bond acceptors (Lipinski definition) is 8. The molecule has 2 amide bonds. The molecule has 12 nitrogen and oxygen atoms in total. The Balaban J connectivity index is 1.56. The Morgan fingerprint density at radius 2 is 1.70 bits per heavy atom. The monoisotopic (exact) mass is 606 g/mol. The Labute approximate surface area is 250 Å². The highest BCUT2D eigenvalue weighted by Gasteiger charge is 2.23. The molecule has 0 radical (unpaired) electrons. The van der Waals surface area contributed by atoms with Crippen LogP contribution < -0.4 is 24.8 Å². The van der Waals surface area contributed by atoms with Crippen LogP contribution in [0.3, 0.4) is 0 Å². The highest BCUT2D eigenvalue weighted by atomic mass is 32.2. The van der Waals surface area contributed by atoms with Crippen LogP contribution in [0.15, 0.2) is 66.9 Å². The van der Waals surface area contributed by atoms with Crippen molar-refractivity contribution in [2.45, 2.75) is 39.7 Å². The highest BCUT2D eigenvalue weighted by Crippen LogP contribution is 2.39. The first-order chi connectivity index (χ1) is 20.2. The first-order valence-electron chi connectivity index (χ1n) is 13.3. The van der Waals surface area contributed by atoms with E-state index in [1.807, 2.05) is 58.0 Å². The Hall–Kier alpha value is -4.91. The number of amides is 2. The molecule has 0 fully saturated rings. The summed E-state index contributed by atoms with van der Waals surface area (Å²) < 4.78 is 38.7. The number of sulfonamides is 1. The SMILES string of the molecule is COc1c(NC(=O)c2ccc(C)c(-n3cc(OC(=O)NCc4ccccc4)nn3)c2)cc(C(C)(C)C)cc1NS(C)(=O)=O. The summed E-state index contributed by atoms with van der Waals surface area (Å²) in [5, 5.41) is 13.5. The lowest BCUT2D eigenvalue weighted by molar-refractivity contribution is 0.102. The number of aryl methyl sites for hydroxylation is 1. The van der Waals surface area contributed by atoms with E-state index in [-0.39, 0.29) is 22.7 Å². The van der Waals surface area contributed by atoms with Crippen LogP contribution in [0, 0.1) is 6.92 Å². The number of anilines is 2. The van der Waals surface area contributed by atoms with Gasteiger partial charge in [-0.2, -0.15) is 0 Å². The fourth-order valence-electron chi connectivity index (χ4n) is 4.16. The molecular weight excluding hydrogens is 572 g/mol. The summed E-state index contributed by atoms with van der Waals surface area (Å²) in [6, 6.07) is 17.8. The van der Waals surface area contributed by atoms with Crippen LogP contribution in [0.5, 0.6) is 11.6 Å². The molecule has 1 heterocycles. The molecule has 1 aromatic heterocycles. The maximum Gasteiger partial charge on any atom is 0.414 e. The zero-order valence-electron chi connectivity index (χ0n) is 24.8. The lowest BCUT2D eigenvalue weighted by atomic mass is 9.86. The molecule has 4 rings (SSSR count). The van der Waals surface area contributed by atoms with Crippen molar-refractivity contribution in [3.05, 3.63) is 89.1 Å². The molecular formula is C30H34N6O6S. The molecule has 3 N–H and O–H groups in total. The summed E-state index contributed by atoms with van der Waals surface area (Å²) in [7, 11) is -2.23. The van der Waals surface area contributed by atoms with E-state index in [1.54, 1.807) is 30.3 Å². The Morgan fingerprint density at radius 3 is 2.35 bits per heavy atom. The third-order valence-corrected chi connectivity index (χ3v) is 6.96. The Morgan fingerprint density at radius 1 is 1.00 bits per heavy atom. The molecule has 0 saturated carbocycles. The van der Waals surface area contributed by atoms with E-state index in [0.717, 1.165) is 22.9 Å². The maximum atomic E-state index is 13.4. The highest BCUT2D eigenvalue weighted by molar-refractivity contribution is 7.92. The molecule has 0 atom stereocenters. The van der Waals surface area contributed by atoms with Crippen LogP contribution in [0.4, 0.5) is 16.2 Å². The summed E-state index contributed by atoms with van der Waals surface area (Å²) in [6.07, 6.45) is 1.79. The lowest BCUT2D eigenvalue weighted by Gasteiger charge is -2.24. The van der Waals surface area contributed by atoms with Crippen molar-refractivity contribution in [3.8, 4) is 17.3 Å². The van der Waals surface area contributed by atoms with Crippen LogP contribution in [-0.2, 0) is 22.0 Å². The third-order valence-electron chi connectivity index (χ3n) is 6.37. The topological polar surface area (TPSA) is 154 Å². The minimum atomic E-state index is -3.63. The van der Waals surface area contributed by atoms with Crippen molar-refractivity contribution >= 4 is 33.4 Å². The van der Waals surface area contributed by atoms with Gasteiger partial charge in [-0.1, -0.05) is 67.5 Å². The molecule has 0 unspecified atom stereocenters. The number of carbonyl (C=O) groups is 2. The molecule has 0 spiro atoms. The quantitative estimate of drug-likeness (QED) is 0.246. The number of hydrogen-bond donors (Lipinski definition) is 3. The summed E-state index contributed by atoms with van der Waals surface area (Å²) in [6.45, 7) is 8.05. The van der Waals surface area contributed by atoms with Gasteiger partial charge in [0, 0.05) is 12.1 Å². The normalized spacial score (nSPS) is 11.5. The van der Waals surface area contributed by atoms with Crippen molar-refractivity contribution in [1.82, 2.24) is 20.3 Å². The van der Waals surface area contributed by atoms with Gasteiger partial charge in [-0.05, 0) is 53.3 Å². The van der Waals surface area contributed by atoms with Crippen LogP contribution in [0.25, 0.3) is 5.69 Å². The second kappa shape index (κ2) is 12.5. The van der Waals surface area contributed by atoms with E-state index in [0.29, 0.717) is 23.5 Å². The van der Waals surface area contributed by atoms with Crippen LogP contribution >= 0.6 is 0 Å². The van der Waals surface area contributed by atoms with Crippen LogP contribution in [0.2, 0.25) is 0 Å². The minimum absolute atomic E-state index is 0.0190. The van der Waals surface area contributed by atoms with Gasteiger partial charge in [-0.15, -0.1) is 0 Å². The minimum Gasteiger partial charge on any atom is -0.492 e. The molecule has 0 aliphatic carbocycles. The van der Waals surface area contributed by atoms with E-state index < -0.39 is 22.0 Å². The molecule has 0 saturated heterocycles. The number of nitrogens with zero attached hydrogens (tertiary/aromatic N) is 3. The second-order valence-electron chi connectivity index (χ2n) is 10.9. The summed E-state index contributed by atoms with van der Waals surface area (Å²) in [5.41, 5.74) is 3.46. The van der Waals surface area contributed by atoms with Gasteiger partial charge in [-0.3, -0.25) is 9.52 Å². The van der Waals surface area contributed by atoms with Crippen molar-refractivity contribution in [3.63, 3.8) is 0 Å². The van der Waals surface area contributed by atoms with Crippen molar-refractivity contribution in [2.75, 3.05) is 23.4 Å². The van der Waals surface area contributed by atoms with E-state index >= 15 is 0 Å². The molecule has 4 aromatic rings. The van der Waals surface area contributed by atoms with E-state index in [4.69, 9.17) is 9.47 Å². The van der Waals surface area contributed by atoms with Gasteiger partial charge in [0.2, 0.25) is 10.0 Å². The van der Waals surface area contributed by atoms with Crippen LogP contribution in [0.1, 0.15) is 47.8 Å². The zero-order valence-corrected chi connectivity index (χ0v) is 25.6. The van der Waals surface area contributed by atoms with Crippen LogP contribution in [-0.4, -0.2) is 48.8 Å². The number of carbonyl (C=O) groups excluding carboxylic acids is 2. The third kappa shape index (κ3) is 8.10. The maximum absolute atomic E-state index is 13.4.